The quantitative estimate of drug-likeness (QED) is 0.880. The van der Waals surface area contributed by atoms with E-state index in [1.54, 1.807) is 6.07 Å². The first-order chi connectivity index (χ1) is 11.1. The maximum atomic E-state index is 12.2. The van der Waals surface area contributed by atoms with Crippen molar-refractivity contribution in [1.29, 1.82) is 0 Å². The van der Waals surface area contributed by atoms with E-state index in [1.165, 1.54) is 12.5 Å². The van der Waals surface area contributed by atoms with Crippen LogP contribution in [0.3, 0.4) is 0 Å². The molecule has 0 bridgehead atoms. The summed E-state index contributed by atoms with van der Waals surface area (Å²) in [6, 6.07) is 2.02. The SMILES string of the molecule is N[C@@H]1CCC[C@H]1CC(=O)NC1CCN(C(=O)c2ccoc2)CC1. The molecule has 0 spiro atoms. The lowest BCUT2D eigenvalue weighted by molar-refractivity contribution is -0.123. The van der Waals surface area contributed by atoms with Gasteiger partial charge in [0.1, 0.15) is 6.26 Å². The first kappa shape index (κ1) is 16.1. The molecule has 126 valence electrons. The summed E-state index contributed by atoms with van der Waals surface area (Å²) in [6.45, 7) is 1.33. The Hall–Kier alpha value is -1.82. The second-order valence-corrected chi connectivity index (χ2v) is 6.70. The van der Waals surface area contributed by atoms with Crippen LogP contribution in [-0.2, 0) is 4.79 Å². The zero-order chi connectivity index (χ0) is 16.2. The van der Waals surface area contributed by atoms with Gasteiger partial charge in [-0.15, -0.1) is 0 Å². The zero-order valence-electron chi connectivity index (χ0n) is 13.4. The predicted octanol–water partition coefficient (Wildman–Crippen LogP) is 1.52. The largest absolute Gasteiger partial charge is 0.472 e. The Kier molecular flexibility index (Phi) is 5.00. The number of furan rings is 1. The van der Waals surface area contributed by atoms with Crippen LogP contribution in [0.15, 0.2) is 23.0 Å². The Labute approximate surface area is 136 Å². The predicted molar refractivity (Wildman–Crippen MR) is 85.7 cm³/mol. The minimum atomic E-state index is 0.000422. The van der Waals surface area contributed by atoms with Crippen molar-refractivity contribution in [2.24, 2.45) is 11.7 Å². The van der Waals surface area contributed by atoms with Crippen LogP contribution in [0, 0.1) is 5.92 Å². The minimum absolute atomic E-state index is 0.000422. The third-order valence-electron chi connectivity index (χ3n) is 5.08. The third kappa shape index (κ3) is 3.93. The van der Waals surface area contributed by atoms with Crippen molar-refractivity contribution < 1.29 is 14.0 Å². The van der Waals surface area contributed by atoms with Gasteiger partial charge < -0.3 is 20.4 Å². The molecule has 2 atom stereocenters. The summed E-state index contributed by atoms with van der Waals surface area (Å²) < 4.78 is 4.96. The number of hydrogen-bond acceptors (Lipinski definition) is 4. The highest BCUT2D eigenvalue weighted by molar-refractivity contribution is 5.93. The topological polar surface area (TPSA) is 88.6 Å². The number of carbonyl (C=O) groups is 2. The van der Waals surface area contributed by atoms with E-state index in [4.69, 9.17) is 10.2 Å². The summed E-state index contributed by atoms with van der Waals surface area (Å²) >= 11 is 0. The average Bonchev–Trinajstić information content (AvgIpc) is 3.20. The lowest BCUT2D eigenvalue weighted by Gasteiger charge is -2.32. The molecule has 6 heteroatoms. The molecule has 1 saturated heterocycles. The van der Waals surface area contributed by atoms with Gasteiger partial charge in [0.25, 0.3) is 5.91 Å². The van der Waals surface area contributed by atoms with Crippen LogP contribution in [0.25, 0.3) is 0 Å². The molecule has 2 heterocycles. The Morgan fingerprint density at radius 3 is 2.65 bits per heavy atom. The zero-order valence-corrected chi connectivity index (χ0v) is 13.4. The van der Waals surface area contributed by atoms with Gasteiger partial charge in [-0.25, -0.2) is 0 Å². The van der Waals surface area contributed by atoms with Crippen molar-refractivity contribution in [3.63, 3.8) is 0 Å². The molecule has 2 fully saturated rings. The number of nitrogens with two attached hydrogens (primary N) is 1. The Balaban J connectivity index is 1.42. The van der Waals surface area contributed by atoms with Gasteiger partial charge in [-0.3, -0.25) is 9.59 Å². The molecule has 1 saturated carbocycles. The van der Waals surface area contributed by atoms with Gasteiger partial charge in [0.15, 0.2) is 0 Å². The summed E-state index contributed by atoms with van der Waals surface area (Å²) in [7, 11) is 0. The molecule has 2 aliphatic rings. The lowest BCUT2D eigenvalue weighted by Crippen LogP contribution is -2.47. The number of nitrogens with one attached hydrogen (secondary N) is 1. The highest BCUT2D eigenvalue weighted by atomic mass is 16.3. The fraction of sp³-hybridized carbons (Fsp3) is 0.647. The van der Waals surface area contributed by atoms with E-state index >= 15 is 0 Å². The second-order valence-electron chi connectivity index (χ2n) is 6.70. The van der Waals surface area contributed by atoms with Crippen LogP contribution in [-0.4, -0.2) is 41.9 Å². The van der Waals surface area contributed by atoms with E-state index in [9.17, 15) is 9.59 Å². The molecule has 2 amide bonds. The van der Waals surface area contributed by atoms with Gasteiger partial charge in [0, 0.05) is 31.6 Å². The van der Waals surface area contributed by atoms with E-state index in [0.29, 0.717) is 31.0 Å². The Bertz CT molecular complexity index is 535. The molecule has 3 rings (SSSR count). The highest BCUT2D eigenvalue weighted by Gasteiger charge is 2.28. The number of carbonyl (C=O) groups excluding carboxylic acids is 2. The maximum absolute atomic E-state index is 12.2. The number of likely N-dealkylation sites (tertiary alicyclic amines) is 1. The fourth-order valence-electron chi connectivity index (χ4n) is 3.64. The van der Waals surface area contributed by atoms with Crippen molar-refractivity contribution in [1.82, 2.24) is 10.2 Å². The molecule has 1 aliphatic heterocycles. The maximum Gasteiger partial charge on any atom is 0.257 e. The summed E-state index contributed by atoms with van der Waals surface area (Å²) in [6.07, 6.45) is 8.34. The Morgan fingerprint density at radius 1 is 1.26 bits per heavy atom. The molecular weight excluding hydrogens is 294 g/mol. The molecule has 23 heavy (non-hydrogen) atoms. The third-order valence-corrected chi connectivity index (χ3v) is 5.08. The number of piperidine rings is 1. The van der Waals surface area contributed by atoms with Crippen LogP contribution < -0.4 is 11.1 Å². The van der Waals surface area contributed by atoms with Crippen LogP contribution in [0.2, 0.25) is 0 Å². The molecule has 0 radical (unpaired) electrons. The van der Waals surface area contributed by atoms with Crippen LogP contribution in [0.5, 0.6) is 0 Å². The van der Waals surface area contributed by atoms with E-state index in [0.717, 1.165) is 32.1 Å². The lowest BCUT2D eigenvalue weighted by atomic mass is 9.98. The van der Waals surface area contributed by atoms with Crippen LogP contribution in [0.4, 0.5) is 0 Å². The van der Waals surface area contributed by atoms with E-state index < -0.39 is 0 Å². The molecule has 1 aromatic heterocycles. The fourth-order valence-corrected chi connectivity index (χ4v) is 3.64. The minimum Gasteiger partial charge on any atom is -0.472 e. The van der Waals surface area contributed by atoms with Gasteiger partial charge in [-0.2, -0.15) is 0 Å². The van der Waals surface area contributed by atoms with Crippen LogP contribution >= 0.6 is 0 Å². The van der Waals surface area contributed by atoms with E-state index in [1.807, 2.05) is 4.90 Å². The molecule has 1 aliphatic carbocycles. The molecule has 3 N–H and O–H groups in total. The second kappa shape index (κ2) is 7.17. The smallest absolute Gasteiger partial charge is 0.257 e. The standard InChI is InChI=1S/C17H25N3O3/c18-15-3-1-2-12(15)10-16(21)19-14-4-7-20(8-5-14)17(22)13-6-9-23-11-13/h6,9,11-12,14-15H,1-5,7-8,10,18H2,(H,19,21)/t12-,15+/m0/s1. The van der Waals surface area contributed by atoms with Gasteiger partial charge in [0.05, 0.1) is 11.8 Å². The summed E-state index contributed by atoms with van der Waals surface area (Å²) in [5.41, 5.74) is 6.61. The molecule has 0 unspecified atom stereocenters. The molecule has 6 nitrogen and oxygen atoms in total. The first-order valence-corrected chi connectivity index (χ1v) is 8.50. The summed E-state index contributed by atoms with van der Waals surface area (Å²) in [5, 5.41) is 3.11. The number of rotatable bonds is 4. The van der Waals surface area contributed by atoms with Crippen LogP contribution in [0.1, 0.15) is 48.9 Å². The first-order valence-electron chi connectivity index (χ1n) is 8.50. The average molecular weight is 319 g/mol. The number of hydrogen-bond donors (Lipinski definition) is 2. The normalized spacial score (nSPS) is 25.5. The van der Waals surface area contributed by atoms with Crippen molar-refractivity contribution in [3.05, 3.63) is 24.2 Å². The monoisotopic (exact) mass is 319 g/mol. The number of nitrogens with zero attached hydrogens (tertiary/aromatic N) is 1. The van der Waals surface area contributed by atoms with Gasteiger partial charge >= 0.3 is 0 Å². The van der Waals surface area contributed by atoms with Crippen molar-refractivity contribution in [2.45, 2.75) is 50.6 Å². The van der Waals surface area contributed by atoms with Gasteiger partial charge in [-0.05, 0) is 37.7 Å². The molecule has 1 aromatic rings. The van der Waals surface area contributed by atoms with Crippen molar-refractivity contribution in [3.8, 4) is 0 Å². The molecule has 0 aromatic carbocycles. The Morgan fingerprint density at radius 2 is 2.04 bits per heavy atom. The van der Waals surface area contributed by atoms with Gasteiger partial charge in [0.2, 0.25) is 5.91 Å². The van der Waals surface area contributed by atoms with Crippen molar-refractivity contribution in [2.75, 3.05) is 13.1 Å². The molecular formula is C17H25N3O3. The summed E-state index contributed by atoms with van der Waals surface area (Å²) in [4.78, 5) is 26.2. The number of amides is 2. The van der Waals surface area contributed by atoms with E-state index in [-0.39, 0.29) is 23.9 Å². The van der Waals surface area contributed by atoms with Gasteiger partial charge in [-0.1, -0.05) is 6.42 Å². The highest BCUT2D eigenvalue weighted by Crippen LogP contribution is 2.26. The van der Waals surface area contributed by atoms with E-state index in [2.05, 4.69) is 5.32 Å². The summed E-state index contributed by atoms with van der Waals surface area (Å²) in [5.74, 6) is 0.435. The van der Waals surface area contributed by atoms with Crippen molar-refractivity contribution >= 4 is 11.8 Å².